The van der Waals surface area contributed by atoms with Gasteiger partial charge in [-0.3, -0.25) is 14.6 Å². The van der Waals surface area contributed by atoms with Gasteiger partial charge in [-0.05, 0) is 12.1 Å². The van der Waals surface area contributed by atoms with E-state index in [0.29, 0.717) is 11.3 Å². The van der Waals surface area contributed by atoms with Crippen LogP contribution < -0.4 is 0 Å². The van der Waals surface area contributed by atoms with Crippen molar-refractivity contribution in [2.45, 2.75) is 41.5 Å². The van der Waals surface area contributed by atoms with Crippen molar-refractivity contribution >= 4 is 11.6 Å². The van der Waals surface area contributed by atoms with E-state index < -0.39 is 10.8 Å². The zero-order valence-corrected chi connectivity index (χ0v) is 12.0. The molecule has 0 unspecified atom stereocenters. The molecule has 1 heterocycles. The van der Waals surface area contributed by atoms with Gasteiger partial charge in [-0.15, -0.1) is 0 Å². The summed E-state index contributed by atoms with van der Waals surface area (Å²) in [6, 6.07) is 3.31. The maximum atomic E-state index is 12.0. The molecule has 3 nitrogen and oxygen atoms in total. The smallest absolute Gasteiger partial charge is 0.186 e. The number of ketones is 2. The van der Waals surface area contributed by atoms with Crippen LogP contribution in [0.4, 0.5) is 0 Å². The molecule has 0 fully saturated rings. The second-order valence-corrected chi connectivity index (χ2v) is 6.59. The van der Waals surface area contributed by atoms with Crippen LogP contribution in [-0.4, -0.2) is 16.6 Å². The van der Waals surface area contributed by atoms with Crippen molar-refractivity contribution in [2.75, 3.05) is 0 Å². The second-order valence-electron chi connectivity index (χ2n) is 6.59. The number of Topliss-reactive ketones (excluding diaryl/α,β-unsaturated/α-hetero) is 2. The predicted octanol–water partition coefficient (Wildman–Crippen LogP) is 3.54. The Morgan fingerprint density at radius 2 is 1.39 bits per heavy atom. The lowest BCUT2D eigenvalue weighted by Gasteiger charge is -2.18. The maximum Gasteiger partial charge on any atom is 0.186 e. The molecule has 0 bridgehead atoms. The van der Waals surface area contributed by atoms with Gasteiger partial charge in [-0.1, -0.05) is 41.5 Å². The highest BCUT2D eigenvalue weighted by atomic mass is 16.1. The zero-order valence-electron chi connectivity index (χ0n) is 12.0. The Bertz CT molecular complexity index is 414. The Morgan fingerprint density at radius 3 is 1.72 bits per heavy atom. The third kappa shape index (κ3) is 3.25. The summed E-state index contributed by atoms with van der Waals surface area (Å²) in [5, 5.41) is 0. The lowest BCUT2D eigenvalue weighted by Crippen LogP contribution is -2.23. The highest BCUT2D eigenvalue weighted by Crippen LogP contribution is 2.22. The van der Waals surface area contributed by atoms with Crippen molar-refractivity contribution in [2.24, 2.45) is 10.8 Å². The van der Waals surface area contributed by atoms with E-state index >= 15 is 0 Å². The van der Waals surface area contributed by atoms with Crippen LogP contribution in [0.3, 0.4) is 0 Å². The molecule has 0 spiro atoms. The van der Waals surface area contributed by atoms with Crippen LogP contribution >= 0.6 is 0 Å². The quantitative estimate of drug-likeness (QED) is 0.751. The van der Waals surface area contributed by atoms with E-state index in [9.17, 15) is 9.59 Å². The van der Waals surface area contributed by atoms with Crippen molar-refractivity contribution in [1.82, 2.24) is 4.98 Å². The Balaban J connectivity index is 3.01. The molecular formula is C15H21NO2. The molecule has 0 saturated carbocycles. The fraction of sp³-hybridized carbons (Fsp3) is 0.533. The number of nitrogens with zero attached hydrogens (tertiary/aromatic N) is 1. The van der Waals surface area contributed by atoms with Gasteiger partial charge in [0.25, 0.3) is 0 Å². The van der Waals surface area contributed by atoms with Gasteiger partial charge in [-0.2, -0.15) is 0 Å². The van der Waals surface area contributed by atoms with Gasteiger partial charge in [-0.25, -0.2) is 0 Å². The van der Waals surface area contributed by atoms with E-state index in [-0.39, 0.29) is 11.6 Å². The number of hydrogen-bond donors (Lipinski definition) is 0. The minimum absolute atomic E-state index is 0.0164. The number of aromatic nitrogens is 1. The van der Waals surface area contributed by atoms with Crippen molar-refractivity contribution in [3.05, 3.63) is 29.6 Å². The van der Waals surface area contributed by atoms with Gasteiger partial charge in [0.15, 0.2) is 11.6 Å². The monoisotopic (exact) mass is 247 g/mol. The topological polar surface area (TPSA) is 47.0 Å². The van der Waals surface area contributed by atoms with Gasteiger partial charge in [0.2, 0.25) is 0 Å². The summed E-state index contributed by atoms with van der Waals surface area (Å²) < 4.78 is 0. The van der Waals surface area contributed by atoms with Crippen LogP contribution in [0.1, 0.15) is 62.4 Å². The van der Waals surface area contributed by atoms with Crippen LogP contribution in [0.5, 0.6) is 0 Å². The Kier molecular flexibility index (Phi) is 3.75. The first kappa shape index (κ1) is 14.6. The number of carbonyl (C=O) groups is 2. The van der Waals surface area contributed by atoms with Crippen LogP contribution in [0.15, 0.2) is 18.3 Å². The molecular weight excluding hydrogens is 226 g/mol. The van der Waals surface area contributed by atoms with E-state index in [0.717, 1.165) is 0 Å². The molecule has 1 rings (SSSR count). The van der Waals surface area contributed by atoms with Crippen LogP contribution in [0, 0.1) is 10.8 Å². The van der Waals surface area contributed by atoms with Gasteiger partial charge in [0.05, 0.1) is 0 Å². The average molecular weight is 247 g/mol. The molecule has 0 N–H and O–H groups in total. The Morgan fingerprint density at radius 1 is 0.889 bits per heavy atom. The molecule has 0 atom stereocenters. The van der Waals surface area contributed by atoms with Crippen molar-refractivity contribution in [3.8, 4) is 0 Å². The first-order valence-corrected chi connectivity index (χ1v) is 6.09. The third-order valence-electron chi connectivity index (χ3n) is 2.62. The van der Waals surface area contributed by atoms with E-state index in [2.05, 4.69) is 4.98 Å². The largest absolute Gasteiger partial charge is 0.294 e. The summed E-state index contributed by atoms with van der Waals surface area (Å²) in [5.74, 6) is 0.0158. The molecule has 0 saturated heterocycles. The number of pyridine rings is 1. The lowest BCUT2D eigenvalue weighted by atomic mass is 9.86. The van der Waals surface area contributed by atoms with E-state index in [1.54, 1.807) is 12.1 Å². The first-order valence-electron chi connectivity index (χ1n) is 6.09. The number of hydrogen-bond acceptors (Lipinski definition) is 3. The van der Waals surface area contributed by atoms with Crippen molar-refractivity contribution < 1.29 is 9.59 Å². The summed E-state index contributed by atoms with van der Waals surface area (Å²) in [7, 11) is 0. The normalized spacial score (nSPS) is 12.3. The van der Waals surface area contributed by atoms with Crippen LogP contribution in [0.25, 0.3) is 0 Å². The van der Waals surface area contributed by atoms with Gasteiger partial charge >= 0.3 is 0 Å². The van der Waals surface area contributed by atoms with Crippen molar-refractivity contribution in [1.29, 1.82) is 0 Å². The molecule has 18 heavy (non-hydrogen) atoms. The van der Waals surface area contributed by atoms with Crippen molar-refractivity contribution in [3.63, 3.8) is 0 Å². The highest BCUT2D eigenvalue weighted by molar-refractivity contribution is 6.01. The molecule has 0 aliphatic carbocycles. The molecule has 1 aromatic heterocycles. The lowest BCUT2D eigenvalue weighted by molar-refractivity contribution is 0.0843. The number of rotatable bonds is 2. The van der Waals surface area contributed by atoms with Gasteiger partial charge in [0.1, 0.15) is 5.69 Å². The molecule has 0 aliphatic rings. The maximum absolute atomic E-state index is 12.0. The molecule has 0 amide bonds. The molecule has 0 radical (unpaired) electrons. The zero-order chi connectivity index (χ0) is 14.1. The highest BCUT2D eigenvalue weighted by Gasteiger charge is 2.26. The fourth-order valence-electron chi connectivity index (χ4n) is 1.48. The van der Waals surface area contributed by atoms with Gasteiger partial charge in [0, 0.05) is 22.6 Å². The molecule has 98 valence electrons. The van der Waals surface area contributed by atoms with Crippen LogP contribution in [-0.2, 0) is 0 Å². The summed E-state index contributed by atoms with van der Waals surface area (Å²) in [5.41, 5.74) is 0.0701. The van der Waals surface area contributed by atoms with E-state index in [1.807, 2.05) is 41.5 Å². The fourth-order valence-corrected chi connectivity index (χ4v) is 1.48. The number of carbonyl (C=O) groups excluding carboxylic acids is 2. The van der Waals surface area contributed by atoms with Gasteiger partial charge < -0.3 is 0 Å². The van der Waals surface area contributed by atoms with E-state index in [4.69, 9.17) is 0 Å². The Hall–Kier alpha value is -1.51. The summed E-state index contributed by atoms with van der Waals surface area (Å²) in [6.45, 7) is 11.2. The Labute approximate surface area is 109 Å². The molecule has 0 aromatic carbocycles. The first-order chi connectivity index (χ1) is 8.03. The van der Waals surface area contributed by atoms with E-state index in [1.165, 1.54) is 6.20 Å². The van der Waals surface area contributed by atoms with Crippen LogP contribution in [0.2, 0.25) is 0 Å². The molecule has 0 aliphatic heterocycles. The second kappa shape index (κ2) is 4.63. The standard InChI is InChI=1S/C15H21NO2/c1-14(2,3)12(17)10-7-8-11(16-9-10)13(18)15(4,5)6/h7-9H,1-6H3. The minimum atomic E-state index is -0.456. The molecule has 3 heteroatoms. The predicted molar refractivity (Wildman–Crippen MR) is 71.8 cm³/mol. The molecule has 1 aromatic rings. The SMILES string of the molecule is CC(C)(C)C(=O)c1ccc(C(=O)C(C)(C)C)nc1. The third-order valence-corrected chi connectivity index (χ3v) is 2.62. The summed E-state index contributed by atoms with van der Waals surface area (Å²) >= 11 is 0. The summed E-state index contributed by atoms with van der Waals surface area (Å²) in [4.78, 5) is 28.1. The minimum Gasteiger partial charge on any atom is -0.294 e. The summed E-state index contributed by atoms with van der Waals surface area (Å²) in [6.07, 6.45) is 1.49. The average Bonchev–Trinajstić information content (AvgIpc) is 2.25.